The van der Waals surface area contributed by atoms with Crippen molar-refractivity contribution < 1.29 is 9.47 Å². The zero-order valence-corrected chi connectivity index (χ0v) is 19.6. The van der Waals surface area contributed by atoms with Gasteiger partial charge >= 0.3 is 0 Å². The van der Waals surface area contributed by atoms with E-state index in [9.17, 15) is 0 Å². The molecule has 2 aromatic carbocycles. The van der Waals surface area contributed by atoms with Crippen LogP contribution in [0.2, 0.25) is 0 Å². The van der Waals surface area contributed by atoms with Crippen LogP contribution in [0.3, 0.4) is 0 Å². The minimum atomic E-state index is 0.380. The molecule has 8 heteroatoms. The van der Waals surface area contributed by atoms with E-state index < -0.39 is 0 Å². The van der Waals surface area contributed by atoms with Gasteiger partial charge in [0.25, 0.3) is 0 Å². The molecule has 0 bridgehead atoms. The monoisotopic (exact) mass is 458 g/mol. The van der Waals surface area contributed by atoms with Crippen LogP contribution in [0, 0.1) is 0 Å². The molecule has 1 aliphatic carbocycles. The van der Waals surface area contributed by atoms with Gasteiger partial charge in [-0.3, -0.25) is 4.99 Å². The van der Waals surface area contributed by atoms with Gasteiger partial charge in [-0.1, -0.05) is 24.3 Å². The smallest absolute Gasteiger partial charge is 0.204 e. The molecule has 1 aromatic heterocycles. The molecule has 4 rings (SSSR count). The van der Waals surface area contributed by atoms with E-state index in [1.54, 1.807) is 11.9 Å². The van der Waals surface area contributed by atoms with Gasteiger partial charge in [-0.2, -0.15) is 4.80 Å². The number of nitrogens with one attached hydrogen (secondary N) is 1. The minimum Gasteiger partial charge on any atom is -0.487 e. The van der Waals surface area contributed by atoms with Gasteiger partial charge in [0.15, 0.2) is 0 Å². The highest BCUT2D eigenvalue weighted by Crippen LogP contribution is 2.45. The number of hydrogen-bond acceptors (Lipinski definition) is 7. The van der Waals surface area contributed by atoms with Gasteiger partial charge in [0.2, 0.25) is 5.82 Å². The summed E-state index contributed by atoms with van der Waals surface area (Å²) in [6, 6.07) is 14.2. The van der Waals surface area contributed by atoms with Crippen LogP contribution in [0.4, 0.5) is 11.4 Å². The number of aliphatic imine (C=N–C) groups is 1. The third-order valence-electron chi connectivity index (χ3n) is 5.46. The second-order valence-corrected chi connectivity index (χ2v) is 8.06. The summed E-state index contributed by atoms with van der Waals surface area (Å²) in [5.41, 5.74) is 5.00. The van der Waals surface area contributed by atoms with Gasteiger partial charge in [0.05, 0.1) is 18.8 Å². The molecule has 0 amide bonds. The Morgan fingerprint density at radius 1 is 1.26 bits per heavy atom. The van der Waals surface area contributed by atoms with Crippen LogP contribution < -0.4 is 10.1 Å². The fourth-order valence-corrected chi connectivity index (χ4v) is 3.51. The number of rotatable bonds is 12. The van der Waals surface area contributed by atoms with Crippen LogP contribution in [-0.2, 0) is 11.3 Å². The maximum Gasteiger partial charge on any atom is 0.204 e. The lowest BCUT2D eigenvalue weighted by molar-refractivity contribution is 0.178. The molecule has 0 radical (unpaired) electrons. The molecule has 1 fully saturated rings. The van der Waals surface area contributed by atoms with E-state index in [0.29, 0.717) is 31.5 Å². The van der Waals surface area contributed by atoms with Crippen LogP contribution in [0.5, 0.6) is 5.75 Å². The second kappa shape index (κ2) is 11.4. The number of aromatic nitrogens is 4. The van der Waals surface area contributed by atoms with Crippen molar-refractivity contribution in [1.82, 2.24) is 20.2 Å². The van der Waals surface area contributed by atoms with E-state index in [4.69, 9.17) is 9.47 Å². The van der Waals surface area contributed by atoms with Crippen molar-refractivity contribution in [2.45, 2.75) is 32.2 Å². The lowest BCUT2D eigenvalue weighted by atomic mass is 10.1. The van der Waals surface area contributed by atoms with Gasteiger partial charge in [-0.05, 0) is 79.6 Å². The summed E-state index contributed by atoms with van der Waals surface area (Å²) < 4.78 is 11.1. The largest absolute Gasteiger partial charge is 0.487 e. The number of nitrogens with zero attached hydrogens (tertiary/aromatic N) is 5. The fourth-order valence-electron chi connectivity index (χ4n) is 3.51. The Balaban J connectivity index is 1.49. The first kappa shape index (κ1) is 23.4. The predicted octanol–water partition coefficient (Wildman–Crippen LogP) is 5.15. The molecular formula is C26H30N6O2. The lowest BCUT2D eigenvalue weighted by Gasteiger charge is -2.15. The normalized spacial score (nSPS) is 13.9. The summed E-state index contributed by atoms with van der Waals surface area (Å²) in [4.78, 5) is 5.58. The van der Waals surface area contributed by atoms with Gasteiger partial charge in [0.1, 0.15) is 12.4 Å². The molecule has 8 nitrogen and oxygen atoms in total. The summed E-state index contributed by atoms with van der Waals surface area (Å²) >= 11 is 0. The van der Waals surface area contributed by atoms with E-state index in [2.05, 4.69) is 44.6 Å². The van der Waals surface area contributed by atoms with Crippen LogP contribution in [0.1, 0.15) is 31.2 Å². The Morgan fingerprint density at radius 3 is 2.91 bits per heavy atom. The minimum absolute atomic E-state index is 0.380. The van der Waals surface area contributed by atoms with Crippen molar-refractivity contribution in [3.63, 3.8) is 0 Å². The number of anilines is 2. The number of ether oxygens (including phenoxy) is 2. The van der Waals surface area contributed by atoms with Gasteiger partial charge < -0.3 is 14.8 Å². The molecule has 0 unspecified atom stereocenters. The predicted molar refractivity (Wildman–Crippen MR) is 135 cm³/mol. The van der Waals surface area contributed by atoms with E-state index >= 15 is 0 Å². The molecule has 34 heavy (non-hydrogen) atoms. The molecule has 0 aliphatic heterocycles. The summed E-state index contributed by atoms with van der Waals surface area (Å²) in [5, 5.41) is 16.3. The Labute approximate surface area is 200 Å². The van der Waals surface area contributed by atoms with E-state index in [0.717, 1.165) is 28.4 Å². The zero-order chi connectivity index (χ0) is 23.8. The number of tetrazole rings is 1. The maximum absolute atomic E-state index is 5.99. The van der Waals surface area contributed by atoms with Crippen molar-refractivity contribution in [3.8, 4) is 17.1 Å². The van der Waals surface area contributed by atoms with E-state index in [1.165, 1.54) is 18.4 Å². The molecule has 0 spiro atoms. The molecule has 1 N–H and O–H groups in total. The van der Waals surface area contributed by atoms with Gasteiger partial charge in [0, 0.05) is 24.0 Å². The van der Waals surface area contributed by atoms with Crippen LogP contribution in [0.15, 0.2) is 71.4 Å². The van der Waals surface area contributed by atoms with Crippen molar-refractivity contribution in [3.05, 3.63) is 72.0 Å². The van der Waals surface area contributed by atoms with Crippen molar-refractivity contribution in [1.29, 1.82) is 0 Å². The first-order chi connectivity index (χ1) is 16.7. The SMILES string of the molecule is C=N/C(=C\C=C/C)COc1ccc(Nc2cccc(-c3nnn(CCOC)n3)c2)c(C2CC2)c1. The number of benzene rings is 2. The van der Waals surface area contributed by atoms with Crippen molar-refractivity contribution in [2.75, 3.05) is 25.6 Å². The summed E-state index contributed by atoms with van der Waals surface area (Å²) in [6.45, 7) is 7.07. The van der Waals surface area contributed by atoms with Crippen molar-refractivity contribution in [2.24, 2.45) is 4.99 Å². The molecule has 1 saturated carbocycles. The molecule has 176 valence electrons. The Kier molecular flexibility index (Phi) is 7.83. The van der Waals surface area contributed by atoms with Gasteiger partial charge in [-0.15, -0.1) is 10.2 Å². The quantitative estimate of drug-likeness (QED) is 0.298. The molecule has 0 saturated heterocycles. The Bertz CT molecular complexity index is 1180. The zero-order valence-electron chi connectivity index (χ0n) is 19.6. The van der Waals surface area contributed by atoms with E-state index in [1.807, 2.05) is 55.5 Å². The van der Waals surface area contributed by atoms with Crippen LogP contribution in [0.25, 0.3) is 11.4 Å². The van der Waals surface area contributed by atoms with Gasteiger partial charge in [-0.25, -0.2) is 0 Å². The highest BCUT2D eigenvalue weighted by molar-refractivity contribution is 5.70. The average Bonchev–Trinajstić information content (AvgIpc) is 3.60. The highest BCUT2D eigenvalue weighted by Gasteiger charge is 2.27. The first-order valence-electron chi connectivity index (χ1n) is 11.4. The number of allylic oxidation sites excluding steroid dienone is 3. The summed E-state index contributed by atoms with van der Waals surface area (Å²) in [6.07, 6.45) is 8.16. The first-order valence-corrected chi connectivity index (χ1v) is 11.4. The van der Waals surface area contributed by atoms with Crippen molar-refractivity contribution >= 4 is 18.1 Å². The molecule has 1 heterocycles. The standard InChI is InChI=1S/C26H30N6O2/c1-4-5-8-22(27-2)18-34-23-12-13-25(24(17-23)19-10-11-19)28-21-9-6-7-20(16-21)26-29-31-32(30-26)14-15-33-3/h4-9,12-13,16-17,19,28H,2,10-11,14-15,18H2,1,3H3/b5-4-,22-8-. The third kappa shape index (κ3) is 6.17. The fraction of sp³-hybridized carbons (Fsp3) is 0.308. The summed E-state index contributed by atoms with van der Waals surface area (Å²) in [7, 11) is 1.65. The Morgan fingerprint density at radius 2 is 2.15 bits per heavy atom. The average molecular weight is 459 g/mol. The summed E-state index contributed by atoms with van der Waals surface area (Å²) in [5.74, 6) is 1.96. The number of methoxy groups -OCH3 is 1. The third-order valence-corrected chi connectivity index (χ3v) is 5.46. The molecule has 1 aliphatic rings. The maximum atomic E-state index is 5.99. The molecule has 0 atom stereocenters. The molecule has 3 aromatic rings. The number of hydrogen-bond donors (Lipinski definition) is 1. The van der Waals surface area contributed by atoms with Crippen LogP contribution >= 0.6 is 0 Å². The van der Waals surface area contributed by atoms with Crippen LogP contribution in [-0.4, -0.2) is 47.2 Å². The highest BCUT2D eigenvalue weighted by atomic mass is 16.5. The Hall–Kier alpha value is -3.78. The van der Waals surface area contributed by atoms with E-state index in [-0.39, 0.29) is 0 Å². The second-order valence-electron chi connectivity index (χ2n) is 8.06. The topological polar surface area (TPSA) is 86.5 Å². The molecular weight excluding hydrogens is 428 g/mol. The lowest BCUT2D eigenvalue weighted by Crippen LogP contribution is -2.07.